The van der Waals surface area contributed by atoms with Crippen LogP contribution in [0.5, 0.6) is 0 Å². The van der Waals surface area contributed by atoms with Gasteiger partial charge in [0.2, 0.25) is 0 Å². The van der Waals surface area contributed by atoms with Gasteiger partial charge < -0.3 is 29.9 Å². The van der Waals surface area contributed by atoms with E-state index in [-0.39, 0.29) is 102 Å². The monoisotopic (exact) mass is 2170 g/mol. The molecule has 20 rings (SSSR count). The normalized spacial score (nSPS) is 13.0. The van der Waals surface area contributed by atoms with Crippen molar-refractivity contribution in [3.8, 4) is 112 Å². The van der Waals surface area contributed by atoms with Gasteiger partial charge in [0.05, 0.1) is 0 Å². The van der Waals surface area contributed by atoms with Crippen LogP contribution in [0.1, 0.15) is 105 Å². The predicted molar refractivity (Wildman–Crippen MR) is 446 cm³/mol. The van der Waals surface area contributed by atoms with Crippen molar-refractivity contribution in [1.29, 1.82) is 0 Å². The van der Waals surface area contributed by atoms with Crippen molar-refractivity contribution in [1.82, 2.24) is 29.9 Å². The second kappa shape index (κ2) is 36.7. The molecule has 10 heteroatoms. The molecule has 0 unspecified atom stereocenters. The van der Waals surface area contributed by atoms with Crippen LogP contribution < -0.4 is 0 Å². The minimum Gasteiger partial charge on any atom is -0.305 e. The molecule has 0 saturated carbocycles. The Labute approximate surface area is 720 Å². The SMILES string of the molecule is CC1(C)c2ccccc2-c2c[c-]c(-c3ccccn3)cc21.CC1(C)c2ccccc2-c2c[c-]c(-c3ccccn3)cc21.CC1(C)c2ccccc2-c2c[c-]c(-c3ccccn3)cc21.Cc1cccnc1-c1[c-]cc2c(c1)C(C)(C)c1ccccc1-2.[Ir].[Ir].[Ir].[Ir].[c-]1ccccc1-c1ccccn1.[c-]1ccccc1-c1ccccn1. The summed E-state index contributed by atoms with van der Waals surface area (Å²) >= 11 is 0. The minimum absolute atomic E-state index is 0. The van der Waals surface area contributed by atoms with Gasteiger partial charge in [0, 0.05) is 118 Å². The van der Waals surface area contributed by atoms with E-state index < -0.39 is 0 Å². The van der Waals surface area contributed by atoms with E-state index in [0.717, 1.165) is 67.5 Å². The molecule has 6 heterocycles. The van der Waals surface area contributed by atoms with Gasteiger partial charge in [-0.3, -0.25) is 0 Å². The van der Waals surface area contributed by atoms with E-state index in [4.69, 9.17) is 0 Å². The summed E-state index contributed by atoms with van der Waals surface area (Å²) in [5, 5.41) is 0. The van der Waals surface area contributed by atoms with Crippen LogP contribution in [0.2, 0.25) is 0 Å². The molecule has 0 spiro atoms. The number of rotatable bonds is 6. The molecule has 0 saturated heterocycles. The largest absolute Gasteiger partial charge is 0.305 e. The van der Waals surface area contributed by atoms with Crippen LogP contribution in [0, 0.1) is 43.3 Å². The number of aryl methyl sites for hydroxylation is 1. The van der Waals surface area contributed by atoms with Crippen LogP contribution in [-0.4, -0.2) is 29.9 Å². The molecule has 4 aliphatic carbocycles. The van der Waals surface area contributed by atoms with E-state index in [0.29, 0.717) is 0 Å². The molecule has 6 nitrogen and oxygen atoms in total. The third-order valence-corrected chi connectivity index (χ3v) is 21.4. The van der Waals surface area contributed by atoms with Crippen molar-refractivity contribution in [3.63, 3.8) is 0 Å². The molecule has 0 fully saturated rings. The van der Waals surface area contributed by atoms with E-state index in [1.54, 1.807) is 12.4 Å². The summed E-state index contributed by atoms with van der Waals surface area (Å²) in [6.07, 6.45) is 10.9. The first-order valence-electron chi connectivity index (χ1n) is 37.1. The number of pyridine rings is 6. The van der Waals surface area contributed by atoms with E-state index in [1.807, 2.05) is 170 Å². The fourth-order valence-corrected chi connectivity index (χ4v) is 15.6. The van der Waals surface area contributed by atoms with Crippen LogP contribution in [0.4, 0.5) is 0 Å². The average molecular weight is 2170 g/mol. The number of hydrogen-bond acceptors (Lipinski definition) is 6. The third kappa shape index (κ3) is 17.4. The molecule has 113 heavy (non-hydrogen) atoms. The molecular formula is C103H82Ir4N6-6. The van der Waals surface area contributed by atoms with Crippen LogP contribution in [0.3, 0.4) is 0 Å². The fourth-order valence-electron chi connectivity index (χ4n) is 15.6. The Balaban J connectivity index is 0.000000135. The Hall–Kier alpha value is -10.3. The summed E-state index contributed by atoms with van der Waals surface area (Å²) in [5.41, 5.74) is 35.2. The van der Waals surface area contributed by atoms with Gasteiger partial charge in [-0.15, -0.1) is 189 Å². The fraction of sp³-hybridized carbons (Fsp3) is 0.126. The zero-order chi connectivity index (χ0) is 75.1. The Morgan fingerprint density at radius 1 is 0.212 bits per heavy atom. The second-order valence-electron chi connectivity index (χ2n) is 29.7. The Bertz CT molecular complexity index is 5380. The van der Waals surface area contributed by atoms with Gasteiger partial charge in [0.15, 0.2) is 0 Å². The first-order chi connectivity index (χ1) is 53.1. The van der Waals surface area contributed by atoms with Gasteiger partial charge in [-0.2, -0.15) is 0 Å². The molecule has 0 amide bonds. The maximum atomic E-state index is 4.54. The molecule has 0 atom stereocenters. The third-order valence-electron chi connectivity index (χ3n) is 21.4. The quantitative estimate of drug-likeness (QED) is 0.154. The number of fused-ring (bicyclic) bond motifs is 12. The topological polar surface area (TPSA) is 77.3 Å². The zero-order valence-electron chi connectivity index (χ0n) is 64.3. The van der Waals surface area contributed by atoms with Crippen LogP contribution in [0.15, 0.2) is 334 Å². The molecule has 0 bridgehead atoms. The van der Waals surface area contributed by atoms with Gasteiger partial charge in [-0.05, 0) is 121 Å². The van der Waals surface area contributed by atoms with E-state index in [9.17, 15) is 0 Å². The summed E-state index contributed by atoms with van der Waals surface area (Å²) < 4.78 is 0. The Morgan fingerprint density at radius 3 is 0.726 bits per heavy atom. The summed E-state index contributed by atoms with van der Waals surface area (Å²) in [7, 11) is 0. The molecule has 0 aliphatic heterocycles. The smallest absolute Gasteiger partial charge is 0.0160 e. The zero-order valence-corrected chi connectivity index (χ0v) is 73.9. The molecule has 10 aromatic carbocycles. The molecule has 4 aliphatic rings. The van der Waals surface area contributed by atoms with Crippen molar-refractivity contribution in [3.05, 3.63) is 421 Å². The molecule has 16 aromatic rings. The van der Waals surface area contributed by atoms with Crippen molar-refractivity contribution < 1.29 is 80.4 Å². The summed E-state index contributed by atoms with van der Waals surface area (Å²) in [5.74, 6) is 0. The van der Waals surface area contributed by atoms with Crippen molar-refractivity contribution in [2.24, 2.45) is 0 Å². The van der Waals surface area contributed by atoms with Gasteiger partial charge >= 0.3 is 0 Å². The molecular weight excluding hydrogens is 2090 g/mol. The Morgan fingerprint density at radius 2 is 0.460 bits per heavy atom. The maximum absolute atomic E-state index is 4.54. The van der Waals surface area contributed by atoms with Gasteiger partial charge in [-0.1, -0.05) is 269 Å². The number of nitrogens with zero attached hydrogens (tertiary/aromatic N) is 6. The predicted octanol–water partition coefficient (Wildman–Crippen LogP) is 24.8. The maximum Gasteiger partial charge on any atom is 0.0160 e. The first kappa shape index (κ1) is 83.6. The molecule has 0 N–H and O–H groups in total. The molecule has 6 aromatic heterocycles. The van der Waals surface area contributed by atoms with Crippen LogP contribution in [0.25, 0.3) is 112 Å². The summed E-state index contributed by atoms with van der Waals surface area (Å²) in [6, 6.07) is 122. The summed E-state index contributed by atoms with van der Waals surface area (Å²) in [4.78, 5) is 26.3. The van der Waals surface area contributed by atoms with Crippen molar-refractivity contribution in [2.45, 2.75) is 84.0 Å². The van der Waals surface area contributed by atoms with E-state index >= 15 is 0 Å². The molecule has 566 valence electrons. The summed E-state index contributed by atoms with van der Waals surface area (Å²) in [6.45, 7) is 20.4. The number of aromatic nitrogens is 6. The van der Waals surface area contributed by atoms with Crippen LogP contribution >= 0.6 is 0 Å². The van der Waals surface area contributed by atoms with Crippen molar-refractivity contribution in [2.75, 3.05) is 0 Å². The van der Waals surface area contributed by atoms with Crippen molar-refractivity contribution >= 4 is 0 Å². The second-order valence-corrected chi connectivity index (χ2v) is 29.7. The van der Waals surface area contributed by atoms with E-state index in [2.05, 4.69) is 280 Å². The average Bonchev–Trinajstić information content (AvgIpc) is 1.61. The van der Waals surface area contributed by atoms with Gasteiger partial charge in [-0.25, -0.2) is 0 Å². The van der Waals surface area contributed by atoms with Gasteiger partial charge in [0.25, 0.3) is 0 Å². The number of benzene rings is 10. The minimum atomic E-state index is 0. The molecule has 4 radical (unpaired) electrons. The van der Waals surface area contributed by atoms with Gasteiger partial charge in [0.1, 0.15) is 0 Å². The van der Waals surface area contributed by atoms with E-state index in [1.165, 1.54) is 94.6 Å². The van der Waals surface area contributed by atoms with Crippen LogP contribution in [-0.2, 0) is 102 Å². The Kier molecular flexibility index (Phi) is 27.1. The first-order valence-corrected chi connectivity index (χ1v) is 37.1. The number of hydrogen-bond donors (Lipinski definition) is 0. The standard InChI is InChI=1S/C21H18N.3C20H16N.2C11H8N.4Ir/c1-14-7-6-12-22-20(14)15-10-11-17-16-8-4-5-9-18(16)21(2,3)19(17)13-15;3*1-20(2)17-8-4-3-7-15(17)16-11-10-14(13-18(16)20)19-9-5-6-12-21-19;2*1-2-6-10(7-3-1)11-8-4-5-9-12-11;;;;/h4-9,11-13H,1-3H3;3*3-9,11-13H,1-2H3;2*1-6,8-9H;;;;/q6*-1;;;;.